The molecule has 5 rings (SSSR count). The van der Waals surface area contributed by atoms with E-state index in [1.165, 1.54) is 5.56 Å². The van der Waals surface area contributed by atoms with Crippen molar-refractivity contribution in [1.29, 1.82) is 0 Å². The van der Waals surface area contributed by atoms with E-state index in [4.69, 9.17) is 9.84 Å². The molecule has 0 radical (unpaired) electrons. The van der Waals surface area contributed by atoms with Crippen LogP contribution in [0, 0.1) is 20.8 Å². The average molecular weight is 470 g/mol. The third-order valence-corrected chi connectivity index (χ3v) is 6.26. The van der Waals surface area contributed by atoms with Crippen molar-refractivity contribution in [2.24, 2.45) is 0 Å². The molecule has 1 N–H and O–H groups in total. The van der Waals surface area contributed by atoms with E-state index in [1.54, 1.807) is 15.9 Å². The molecule has 0 atom stereocenters. The first kappa shape index (κ1) is 21.8. The van der Waals surface area contributed by atoms with Gasteiger partial charge in [0.05, 0.1) is 10.6 Å². The number of nitrogens with one attached hydrogen (secondary N) is 1. The predicted octanol–water partition coefficient (Wildman–Crippen LogP) is 5.46. The SMILES string of the molecule is Cc1cc(C)c(OCC(=O)Nc2cccc(-c3ccc4nnc(-c5cccs5)n4n3)c2)c(C)c1. The van der Waals surface area contributed by atoms with Crippen molar-refractivity contribution < 1.29 is 9.53 Å². The van der Waals surface area contributed by atoms with E-state index in [9.17, 15) is 4.79 Å². The van der Waals surface area contributed by atoms with Gasteiger partial charge in [-0.05, 0) is 67.6 Å². The summed E-state index contributed by atoms with van der Waals surface area (Å²) in [5, 5.41) is 18.2. The number of amides is 1. The van der Waals surface area contributed by atoms with E-state index in [0.29, 0.717) is 17.2 Å². The first-order valence-corrected chi connectivity index (χ1v) is 11.7. The standard InChI is InChI=1S/C26H23N5O2S/c1-16-12-17(2)25(18(3)13-16)33-15-24(32)27-20-7-4-6-19(14-20)21-9-10-23-28-29-26(31(23)30-21)22-8-5-11-34-22/h4-14H,15H2,1-3H3,(H,27,32). The second-order valence-corrected chi connectivity index (χ2v) is 9.08. The number of benzene rings is 2. The maximum atomic E-state index is 12.6. The van der Waals surface area contributed by atoms with Crippen molar-refractivity contribution in [3.8, 4) is 27.7 Å². The monoisotopic (exact) mass is 469 g/mol. The second kappa shape index (κ2) is 9.07. The zero-order chi connectivity index (χ0) is 23.7. The summed E-state index contributed by atoms with van der Waals surface area (Å²) in [7, 11) is 0. The van der Waals surface area contributed by atoms with Gasteiger partial charge in [-0.3, -0.25) is 4.79 Å². The third-order valence-electron chi connectivity index (χ3n) is 5.40. The molecule has 0 unspecified atom stereocenters. The molecule has 0 saturated heterocycles. The highest BCUT2D eigenvalue weighted by atomic mass is 32.1. The molecule has 0 saturated carbocycles. The van der Waals surface area contributed by atoms with Crippen molar-refractivity contribution in [3.05, 3.63) is 82.7 Å². The van der Waals surface area contributed by atoms with Crippen molar-refractivity contribution in [3.63, 3.8) is 0 Å². The maximum Gasteiger partial charge on any atom is 0.262 e. The molecule has 0 spiro atoms. The summed E-state index contributed by atoms with van der Waals surface area (Å²) in [6.07, 6.45) is 0. The summed E-state index contributed by atoms with van der Waals surface area (Å²) in [6.45, 7) is 5.95. The van der Waals surface area contributed by atoms with Gasteiger partial charge in [0, 0.05) is 11.3 Å². The minimum Gasteiger partial charge on any atom is -0.483 e. The Balaban J connectivity index is 1.33. The Morgan fingerprint density at radius 1 is 1.00 bits per heavy atom. The van der Waals surface area contributed by atoms with E-state index in [-0.39, 0.29) is 12.5 Å². The molecule has 3 aromatic heterocycles. The van der Waals surface area contributed by atoms with Crippen LogP contribution >= 0.6 is 11.3 Å². The number of hydrogen-bond donors (Lipinski definition) is 1. The van der Waals surface area contributed by atoms with Gasteiger partial charge in [-0.1, -0.05) is 35.9 Å². The van der Waals surface area contributed by atoms with Gasteiger partial charge in [0.1, 0.15) is 5.75 Å². The Bertz CT molecular complexity index is 1470. The first-order chi connectivity index (χ1) is 16.5. The fraction of sp³-hybridized carbons (Fsp3) is 0.154. The number of carbonyl (C=O) groups excluding carboxylic acids is 1. The van der Waals surface area contributed by atoms with Crippen LogP contribution in [0.15, 0.2) is 66.0 Å². The number of hydrogen-bond acceptors (Lipinski definition) is 6. The van der Waals surface area contributed by atoms with Gasteiger partial charge < -0.3 is 10.1 Å². The lowest BCUT2D eigenvalue weighted by Crippen LogP contribution is -2.20. The topological polar surface area (TPSA) is 81.4 Å². The predicted molar refractivity (Wildman–Crippen MR) is 134 cm³/mol. The highest BCUT2D eigenvalue weighted by molar-refractivity contribution is 7.13. The zero-order valence-electron chi connectivity index (χ0n) is 19.1. The summed E-state index contributed by atoms with van der Waals surface area (Å²) < 4.78 is 7.56. The van der Waals surface area contributed by atoms with E-state index in [0.717, 1.165) is 33.0 Å². The lowest BCUT2D eigenvalue weighted by molar-refractivity contribution is -0.118. The molecule has 34 heavy (non-hydrogen) atoms. The van der Waals surface area contributed by atoms with E-state index in [2.05, 4.69) is 15.5 Å². The Morgan fingerprint density at radius 3 is 2.59 bits per heavy atom. The van der Waals surface area contributed by atoms with Crippen LogP contribution < -0.4 is 10.1 Å². The largest absolute Gasteiger partial charge is 0.483 e. The van der Waals surface area contributed by atoms with Gasteiger partial charge in [-0.2, -0.15) is 9.61 Å². The minimum absolute atomic E-state index is 0.0654. The number of rotatable bonds is 6. The summed E-state index contributed by atoms with van der Waals surface area (Å²) in [5.74, 6) is 1.23. The molecule has 3 heterocycles. The van der Waals surface area contributed by atoms with Crippen LogP contribution in [-0.2, 0) is 4.79 Å². The van der Waals surface area contributed by atoms with Gasteiger partial charge in [-0.15, -0.1) is 21.5 Å². The van der Waals surface area contributed by atoms with Crippen LogP contribution in [0.5, 0.6) is 5.75 Å². The summed E-state index contributed by atoms with van der Waals surface area (Å²) in [4.78, 5) is 13.6. The van der Waals surface area contributed by atoms with Gasteiger partial charge in [-0.25, -0.2) is 0 Å². The molecule has 8 heteroatoms. The molecular weight excluding hydrogens is 446 g/mol. The summed E-state index contributed by atoms with van der Waals surface area (Å²) in [5.41, 5.74) is 6.18. The third kappa shape index (κ3) is 4.40. The molecule has 7 nitrogen and oxygen atoms in total. The number of anilines is 1. The van der Waals surface area contributed by atoms with Crippen molar-refractivity contribution >= 4 is 28.6 Å². The maximum absolute atomic E-state index is 12.6. The molecule has 2 aromatic carbocycles. The number of ether oxygens (including phenoxy) is 1. The van der Waals surface area contributed by atoms with Crippen LogP contribution in [0.4, 0.5) is 5.69 Å². The highest BCUT2D eigenvalue weighted by Crippen LogP contribution is 2.26. The van der Waals surface area contributed by atoms with Gasteiger partial charge >= 0.3 is 0 Å². The number of nitrogens with zero attached hydrogens (tertiary/aromatic N) is 4. The number of thiophene rings is 1. The highest BCUT2D eigenvalue weighted by Gasteiger charge is 2.13. The molecule has 1 amide bonds. The van der Waals surface area contributed by atoms with Gasteiger partial charge in [0.25, 0.3) is 5.91 Å². The number of carbonyl (C=O) groups is 1. The van der Waals surface area contributed by atoms with E-state index in [1.807, 2.05) is 86.8 Å². The number of fused-ring (bicyclic) bond motifs is 1. The van der Waals surface area contributed by atoms with Gasteiger partial charge in [0.15, 0.2) is 18.1 Å². The molecule has 0 aliphatic rings. The quantitative estimate of drug-likeness (QED) is 0.357. The number of aryl methyl sites for hydroxylation is 3. The Hall–Kier alpha value is -4.04. The molecule has 170 valence electrons. The van der Waals surface area contributed by atoms with Crippen LogP contribution in [-0.4, -0.2) is 32.3 Å². The molecule has 0 bridgehead atoms. The smallest absolute Gasteiger partial charge is 0.262 e. The molecule has 0 aliphatic carbocycles. The molecule has 0 aliphatic heterocycles. The number of aromatic nitrogens is 4. The lowest BCUT2D eigenvalue weighted by Gasteiger charge is -2.13. The van der Waals surface area contributed by atoms with Crippen molar-refractivity contribution in [1.82, 2.24) is 19.8 Å². The molecule has 0 fully saturated rings. The Morgan fingerprint density at radius 2 is 1.82 bits per heavy atom. The van der Waals surface area contributed by atoms with Crippen LogP contribution in [0.3, 0.4) is 0 Å². The first-order valence-electron chi connectivity index (χ1n) is 10.9. The zero-order valence-corrected chi connectivity index (χ0v) is 19.9. The van der Waals surface area contributed by atoms with Gasteiger partial charge in [0.2, 0.25) is 0 Å². The Kier molecular flexibility index (Phi) is 5.81. The molecular formula is C26H23N5O2S. The fourth-order valence-electron chi connectivity index (χ4n) is 3.99. The Labute approximate surface area is 201 Å². The normalized spacial score (nSPS) is 11.0. The average Bonchev–Trinajstić information content (AvgIpc) is 3.48. The molecule has 5 aromatic rings. The summed E-state index contributed by atoms with van der Waals surface area (Å²) >= 11 is 1.59. The van der Waals surface area contributed by atoms with Crippen LogP contribution in [0.1, 0.15) is 16.7 Å². The minimum atomic E-state index is -0.223. The van der Waals surface area contributed by atoms with E-state index >= 15 is 0 Å². The van der Waals surface area contributed by atoms with Crippen molar-refractivity contribution in [2.75, 3.05) is 11.9 Å². The fourth-order valence-corrected chi connectivity index (χ4v) is 4.68. The van der Waals surface area contributed by atoms with Crippen molar-refractivity contribution in [2.45, 2.75) is 20.8 Å². The van der Waals surface area contributed by atoms with Crippen LogP contribution in [0.2, 0.25) is 0 Å². The van der Waals surface area contributed by atoms with E-state index < -0.39 is 0 Å². The second-order valence-electron chi connectivity index (χ2n) is 8.13. The lowest BCUT2D eigenvalue weighted by atomic mass is 10.1. The van der Waals surface area contributed by atoms with Crippen LogP contribution in [0.25, 0.3) is 27.6 Å². The summed E-state index contributed by atoms with van der Waals surface area (Å²) in [6, 6.07) is 19.4.